The Labute approximate surface area is 145 Å². The number of ketones is 1. The molecule has 1 fully saturated rings. The van der Waals surface area contributed by atoms with Gasteiger partial charge in [0.15, 0.2) is 5.78 Å². The molecule has 0 bridgehead atoms. The first kappa shape index (κ1) is 18.5. The van der Waals surface area contributed by atoms with Crippen LogP contribution in [-0.2, 0) is 4.79 Å². The Morgan fingerprint density at radius 3 is 2.25 bits per heavy atom. The number of rotatable bonds is 6. The average molecular weight is 330 g/mol. The first-order chi connectivity index (χ1) is 11.4. The Morgan fingerprint density at radius 1 is 1.04 bits per heavy atom. The van der Waals surface area contributed by atoms with Crippen molar-refractivity contribution in [3.05, 3.63) is 29.8 Å². The lowest BCUT2D eigenvalue weighted by atomic mass is 9.99. The van der Waals surface area contributed by atoms with E-state index in [-0.39, 0.29) is 17.6 Å². The maximum Gasteiger partial charge on any atom is 0.225 e. The molecule has 4 nitrogen and oxygen atoms in total. The van der Waals surface area contributed by atoms with Crippen molar-refractivity contribution in [1.29, 1.82) is 0 Å². The summed E-state index contributed by atoms with van der Waals surface area (Å²) in [7, 11) is 0. The third-order valence-electron chi connectivity index (χ3n) is 4.76. The molecule has 1 aliphatic rings. The lowest BCUT2D eigenvalue weighted by Crippen LogP contribution is -2.50. The van der Waals surface area contributed by atoms with Crippen LogP contribution in [0.2, 0.25) is 0 Å². The number of nitrogens with zero attached hydrogens (tertiary/aromatic N) is 2. The number of Topliss-reactive ketones (excluding diaryl/α,β-unsaturated/α-hetero) is 1. The number of carbonyl (C=O) groups excluding carboxylic acids is 2. The zero-order valence-corrected chi connectivity index (χ0v) is 15.4. The summed E-state index contributed by atoms with van der Waals surface area (Å²) in [5.41, 5.74) is 1.83. The lowest BCUT2D eigenvalue weighted by Gasteiger charge is -2.37. The van der Waals surface area contributed by atoms with Crippen molar-refractivity contribution in [2.75, 3.05) is 31.1 Å². The van der Waals surface area contributed by atoms with Gasteiger partial charge < -0.3 is 9.80 Å². The smallest absolute Gasteiger partial charge is 0.225 e. The van der Waals surface area contributed by atoms with Gasteiger partial charge in [-0.1, -0.05) is 39.8 Å². The van der Waals surface area contributed by atoms with E-state index in [2.05, 4.69) is 25.7 Å². The summed E-state index contributed by atoms with van der Waals surface area (Å²) >= 11 is 0. The van der Waals surface area contributed by atoms with Crippen LogP contribution in [0.25, 0.3) is 0 Å². The monoisotopic (exact) mass is 330 g/mol. The number of piperazine rings is 1. The third-order valence-corrected chi connectivity index (χ3v) is 4.76. The zero-order valence-electron chi connectivity index (χ0n) is 15.4. The van der Waals surface area contributed by atoms with Gasteiger partial charge in [-0.25, -0.2) is 0 Å². The first-order valence-electron chi connectivity index (χ1n) is 9.10. The molecule has 1 atom stereocenters. The Balaban J connectivity index is 2.07. The molecule has 132 valence electrons. The molecular formula is C20H30N2O2. The SMILES string of the molecule is CCC(C)C(=O)N1CCN(c2ccccc2C(=O)CC(C)C)CC1. The van der Waals surface area contributed by atoms with Gasteiger partial charge >= 0.3 is 0 Å². The van der Waals surface area contributed by atoms with Crippen molar-refractivity contribution in [1.82, 2.24) is 4.90 Å². The molecule has 1 heterocycles. The van der Waals surface area contributed by atoms with Crippen LogP contribution in [0.1, 0.15) is 50.9 Å². The minimum atomic E-state index is 0.0939. The number of para-hydroxylation sites is 1. The molecule has 1 amide bonds. The summed E-state index contributed by atoms with van der Waals surface area (Å²) < 4.78 is 0. The number of amides is 1. The van der Waals surface area contributed by atoms with Crippen molar-refractivity contribution in [2.24, 2.45) is 11.8 Å². The van der Waals surface area contributed by atoms with E-state index < -0.39 is 0 Å². The highest BCUT2D eigenvalue weighted by Crippen LogP contribution is 2.24. The largest absolute Gasteiger partial charge is 0.367 e. The van der Waals surface area contributed by atoms with Crippen LogP contribution >= 0.6 is 0 Å². The van der Waals surface area contributed by atoms with Crippen LogP contribution in [-0.4, -0.2) is 42.8 Å². The van der Waals surface area contributed by atoms with E-state index >= 15 is 0 Å². The molecule has 24 heavy (non-hydrogen) atoms. The fourth-order valence-corrected chi connectivity index (χ4v) is 3.12. The van der Waals surface area contributed by atoms with E-state index in [1.54, 1.807) is 0 Å². The van der Waals surface area contributed by atoms with Crippen LogP contribution in [0.4, 0.5) is 5.69 Å². The van der Waals surface area contributed by atoms with E-state index in [0.717, 1.165) is 43.9 Å². The molecule has 0 saturated carbocycles. The summed E-state index contributed by atoms with van der Waals surface area (Å²) in [5.74, 6) is 0.909. The van der Waals surface area contributed by atoms with E-state index in [4.69, 9.17) is 0 Å². The normalized spacial score (nSPS) is 16.4. The summed E-state index contributed by atoms with van der Waals surface area (Å²) in [4.78, 5) is 29.1. The van der Waals surface area contributed by atoms with Crippen LogP contribution in [0.15, 0.2) is 24.3 Å². The van der Waals surface area contributed by atoms with Crippen molar-refractivity contribution in [2.45, 2.75) is 40.5 Å². The zero-order chi connectivity index (χ0) is 17.7. The minimum absolute atomic E-state index is 0.0939. The molecule has 0 N–H and O–H groups in total. The molecule has 1 unspecified atom stereocenters. The number of anilines is 1. The fourth-order valence-electron chi connectivity index (χ4n) is 3.12. The van der Waals surface area contributed by atoms with Gasteiger partial charge in [0, 0.05) is 49.8 Å². The Bertz CT molecular complexity index is 575. The highest BCUT2D eigenvalue weighted by atomic mass is 16.2. The van der Waals surface area contributed by atoms with E-state index in [9.17, 15) is 9.59 Å². The molecule has 1 aromatic carbocycles. The maximum atomic E-state index is 12.5. The van der Waals surface area contributed by atoms with Gasteiger partial charge in [-0.05, 0) is 24.5 Å². The number of hydrogen-bond acceptors (Lipinski definition) is 3. The van der Waals surface area contributed by atoms with Gasteiger partial charge in [0.2, 0.25) is 5.91 Å². The second-order valence-electron chi connectivity index (χ2n) is 7.16. The number of benzene rings is 1. The fraction of sp³-hybridized carbons (Fsp3) is 0.600. The van der Waals surface area contributed by atoms with E-state index in [1.165, 1.54) is 0 Å². The van der Waals surface area contributed by atoms with Gasteiger partial charge in [0.1, 0.15) is 0 Å². The minimum Gasteiger partial charge on any atom is -0.367 e. The molecule has 1 aliphatic heterocycles. The van der Waals surface area contributed by atoms with E-state index in [1.807, 2.05) is 36.1 Å². The summed E-state index contributed by atoms with van der Waals surface area (Å²) in [6.07, 6.45) is 1.45. The van der Waals surface area contributed by atoms with Crippen LogP contribution in [0.5, 0.6) is 0 Å². The van der Waals surface area contributed by atoms with E-state index in [0.29, 0.717) is 12.3 Å². The predicted octanol–water partition coefficient (Wildman–Crippen LogP) is 3.61. The van der Waals surface area contributed by atoms with Gasteiger partial charge in [-0.3, -0.25) is 9.59 Å². The number of carbonyl (C=O) groups is 2. The summed E-state index contributed by atoms with van der Waals surface area (Å²) in [6, 6.07) is 7.87. The molecule has 1 aromatic rings. The molecule has 2 rings (SSSR count). The van der Waals surface area contributed by atoms with Gasteiger partial charge in [0.25, 0.3) is 0 Å². The standard InChI is InChI=1S/C20H30N2O2/c1-5-16(4)20(24)22-12-10-21(11-13-22)18-9-7-6-8-17(18)19(23)14-15(2)3/h6-9,15-16H,5,10-14H2,1-4H3. The van der Waals surface area contributed by atoms with Crippen molar-refractivity contribution in [3.8, 4) is 0 Å². The van der Waals surface area contributed by atoms with Gasteiger partial charge in [0.05, 0.1) is 0 Å². The van der Waals surface area contributed by atoms with Crippen molar-refractivity contribution in [3.63, 3.8) is 0 Å². The van der Waals surface area contributed by atoms with Crippen LogP contribution < -0.4 is 4.90 Å². The van der Waals surface area contributed by atoms with Gasteiger partial charge in [-0.2, -0.15) is 0 Å². The molecule has 0 spiro atoms. The summed E-state index contributed by atoms with van der Waals surface area (Å²) in [6.45, 7) is 11.2. The van der Waals surface area contributed by atoms with Gasteiger partial charge in [-0.15, -0.1) is 0 Å². The number of hydrogen-bond donors (Lipinski definition) is 0. The maximum absolute atomic E-state index is 12.5. The Morgan fingerprint density at radius 2 is 1.67 bits per heavy atom. The molecule has 0 radical (unpaired) electrons. The Kier molecular flexibility index (Phi) is 6.41. The molecule has 1 saturated heterocycles. The van der Waals surface area contributed by atoms with Crippen molar-refractivity contribution < 1.29 is 9.59 Å². The quantitative estimate of drug-likeness (QED) is 0.748. The molecule has 4 heteroatoms. The molecular weight excluding hydrogens is 300 g/mol. The second kappa shape index (κ2) is 8.32. The van der Waals surface area contributed by atoms with Crippen molar-refractivity contribution >= 4 is 17.4 Å². The first-order valence-corrected chi connectivity index (χ1v) is 9.10. The lowest BCUT2D eigenvalue weighted by molar-refractivity contribution is -0.135. The van der Waals surface area contributed by atoms with Crippen LogP contribution in [0.3, 0.4) is 0 Å². The second-order valence-corrected chi connectivity index (χ2v) is 7.16. The Hall–Kier alpha value is -1.84. The summed E-state index contributed by atoms with van der Waals surface area (Å²) in [5, 5.41) is 0. The molecule has 0 aliphatic carbocycles. The average Bonchev–Trinajstić information content (AvgIpc) is 2.60. The molecule has 0 aromatic heterocycles. The highest BCUT2D eigenvalue weighted by Gasteiger charge is 2.25. The topological polar surface area (TPSA) is 40.6 Å². The predicted molar refractivity (Wildman–Crippen MR) is 98.5 cm³/mol. The van der Waals surface area contributed by atoms with Crippen LogP contribution in [0, 0.1) is 11.8 Å². The third kappa shape index (κ3) is 4.37. The highest BCUT2D eigenvalue weighted by molar-refractivity contribution is 6.01.